The molecule has 3 atom stereocenters. The zero-order valence-corrected chi connectivity index (χ0v) is 31.0. The van der Waals surface area contributed by atoms with Gasteiger partial charge in [0.15, 0.2) is 0 Å². The SMILES string of the molecule is COCCN1CC(=O)N[C@@H](C(C)C)C(=O)NCCOc2ccc(cc2)C[C@H](NC(=O)c2ccc(OC)cc2)C(=O)N[C@@H](Cc2c[nH]c3ccccc23)C1=O. The number of carbonyl (C=O) groups is 5. The molecule has 0 saturated carbocycles. The molecule has 14 nitrogen and oxygen atoms in total. The standard InChI is InChI=1S/C40H48N6O8/c1-25(2)36-39(50)41-17-19-54-30-13-9-26(10-14-30)21-33(43-37(48)27-11-15-29(53-4)16-12-27)38(49)44-34(22-28-23-42-32-8-6-5-7-31(28)32)40(51)46(18-20-52-3)24-35(47)45-36/h5-16,23,25,33-34,36,42H,17-22,24H2,1-4H3,(H,41,50)(H,43,48)(H,44,49)(H,45,47)/t33-,34-,36-/m0/s1. The van der Waals surface area contributed by atoms with Crippen molar-refractivity contribution in [2.75, 3.05) is 47.1 Å². The van der Waals surface area contributed by atoms with Crippen molar-refractivity contribution in [1.82, 2.24) is 31.2 Å². The molecule has 0 fully saturated rings. The summed E-state index contributed by atoms with van der Waals surface area (Å²) in [6.07, 6.45) is 1.94. The van der Waals surface area contributed by atoms with Crippen LogP contribution in [0, 0.1) is 5.92 Å². The van der Waals surface area contributed by atoms with Crippen molar-refractivity contribution in [3.05, 3.63) is 95.7 Å². The summed E-state index contributed by atoms with van der Waals surface area (Å²) in [6.45, 7) is 3.72. The molecule has 0 spiro atoms. The molecule has 2 aliphatic rings. The van der Waals surface area contributed by atoms with Crippen LogP contribution in [-0.4, -0.2) is 105 Å². The monoisotopic (exact) mass is 740 g/mol. The van der Waals surface area contributed by atoms with Gasteiger partial charge < -0.3 is 45.4 Å². The van der Waals surface area contributed by atoms with Crippen LogP contribution in [0.5, 0.6) is 11.5 Å². The highest BCUT2D eigenvalue weighted by atomic mass is 16.5. The molecular formula is C40H48N6O8. The predicted molar refractivity (Wildman–Crippen MR) is 202 cm³/mol. The second kappa shape index (κ2) is 18.7. The van der Waals surface area contributed by atoms with E-state index in [1.54, 1.807) is 54.7 Å². The lowest BCUT2D eigenvalue weighted by atomic mass is 10.0. The lowest BCUT2D eigenvalue weighted by Gasteiger charge is -2.30. The minimum Gasteiger partial charge on any atom is -0.497 e. The van der Waals surface area contributed by atoms with E-state index in [1.807, 2.05) is 38.1 Å². The maximum absolute atomic E-state index is 14.5. The molecule has 286 valence electrons. The summed E-state index contributed by atoms with van der Waals surface area (Å²) in [6, 6.07) is 18.0. The second-order valence-electron chi connectivity index (χ2n) is 13.4. The smallest absolute Gasteiger partial charge is 0.251 e. The third-order valence-corrected chi connectivity index (χ3v) is 9.20. The van der Waals surface area contributed by atoms with Gasteiger partial charge in [-0.3, -0.25) is 24.0 Å². The van der Waals surface area contributed by atoms with Crippen molar-refractivity contribution in [2.45, 2.75) is 44.8 Å². The first-order valence-electron chi connectivity index (χ1n) is 17.9. The van der Waals surface area contributed by atoms with E-state index in [2.05, 4.69) is 26.3 Å². The van der Waals surface area contributed by atoms with Crippen LogP contribution in [0.15, 0.2) is 79.0 Å². The van der Waals surface area contributed by atoms with Crippen molar-refractivity contribution in [1.29, 1.82) is 0 Å². The average Bonchev–Trinajstić information content (AvgIpc) is 3.58. The number of hydrogen-bond donors (Lipinski definition) is 5. The number of nitrogens with one attached hydrogen (secondary N) is 5. The van der Waals surface area contributed by atoms with Crippen LogP contribution >= 0.6 is 0 Å². The number of hydrogen-bond acceptors (Lipinski definition) is 8. The molecule has 0 radical (unpaired) electrons. The molecule has 2 bridgehead atoms. The van der Waals surface area contributed by atoms with E-state index in [4.69, 9.17) is 14.2 Å². The molecule has 0 aliphatic carbocycles. The third kappa shape index (κ3) is 10.4. The van der Waals surface area contributed by atoms with E-state index >= 15 is 0 Å². The lowest BCUT2D eigenvalue weighted by Crippen LogP contribution is -2.58. The van der Waals surface area contributed by atoms with Crippen molar-refractivity contribution < 1.29 is 38.2 Å². The molecule has 54 heavy (non-hydrogen) atoms. The first-order chi connectivity index (χ1) is 26.1. The fraction of sp³-hybridized carbons (Fsp3) is 0.375. The number of benzene rings is 3. The quantitative estimate of drug-likeness (QED) is 0.162. The Labute approximate surface area is 314 Å². The molecule has 3 aromatic carbocycles. The number of aromatic amines is 1. The number of methoxy groups -OCH3 is 2. The van der Waals surface area contributed by atoms with Gasteiger partial charge in [0.05, 0.1) is 26.8 Å². The van der Waals surface area contributed by atoms with Crippen molar-refractivity contribution in [3.8, 4) is 11.5 Å². The second-order valence-corrected chi connectivity index (χ2v) is 13.4. The number of H-pyrrole nitrogens is 1. The zero-order chi connectivity index (χ0) is 38.6. The van der Waals surface area contributed by atoms with Gasteiger partial charge >= 0.3 is 0 Å². The van der Waals surface area contributed by atoms with Gasteiger partial charge in [0, 0.05) is 49.2 Å². The number of rotatable bonds is 9. The molecule has 0 saturated heterocycles. The first kappa shape index (κ1) is 39.3. The Morgan fingerprint density at radius 1 is 0.944 bits per heavy atom. The minimum absolute atomic E-state index is 0.0306. The molecule has 0 unspecified atom stereocenters. The lowest BCUT2D eigenvalue weighted by molar-refractivity contribution is -0.141. The topological polar surface area (TPSA) is 180 Å². The number of aromatic nitrogens is 1. The van der Waals surface area contributed by atoms with Crippen molar-refractivity contribution in [2.24, 2.45) is 5.92 Å². The normalized spacial score (nSPS) is 19.1. The highest BCUT2D eigenvalue weighted by molar-refractivity contribution is 5.99. The van der Waals surface area contributed by atoms with E-state index in [1.165, 1.54) is 19.1 Å². The fourth-order valence-corrected chi connectivity index (χ4v) is 6.21. The number of fused-ring (bicyclic) bond motifs is 18. The maximum Gasteiger partial charge on any atom is 0.251 e. The zero-order valence-electron chi connectivity index (χ0n) is 31.0. The molecule has 6 rings (SSSR count). The summed E-state index contributed by atoms with van der Waals surface area (Å²) >= 11 is 0. The molecule has 5 N–H and O–H groups in total. The predicted octanol–water partition coefficient (Wildman–Crippen LogP) is 2.37. The van der Waals surface area contributed by atoms with E-state index in [9.17, 15) is 24.0 Å². The molecule has 4 aromatic rings. The van der Waals surface area contributed by atoms with E-state index < -0.39 is 48.3 Å². The van der Waals surface area contributed by atoms with Gasteiger partial charge in [-0.05, 0) is 59.5 Å². The van der Waals surface area contributed by atoms with Crippen LogP contribution in [0.2, 0.25) is 0 Å². The van der Waals surface area contributed by atoms with Gasteiger partial charge in [-0.25, -0.2) is 0 Å². The van der Waals surface area contributed by atoms with E-state index in [0.29, 0.717) is 17.1 Å². The highest BCUT2D eigenvalue weighted by Gasteiger charge is 2.33. The van der Waals surface area contributed by atoms with Gasteiger partial charge in [0.1, 0.15) is 36.2 Å². The summed E-state index contributed by atoms with van der Waals surface area (Å²) < 4.78 is 16.4. The Hall–Kier alpha value is -5.89. The Morgan fingerprint density at radius 3 is 2.39 bits per heavy atom. The number of nitrogens with zero attached hydrogens (tertiary/aromatic N) is 1. The molecule has 14 heteroatoms. The van der Waals surface area contributed by atoms with Crippen LogP contribution in [0.1, 0.15) is 35.3 Å². The van der Waals surface area contributed by atoms with Crippen LogP contribution < -0.4 is 30.7 Å². The van der Waals surface area contributed by atoms with Gasteiger partial charge in [0.2, 0.25) is 23.6 Å². The van der Waals surface area contributed by atoms with Gasteiger partial charge in [-0.1, -0.05) is 44.2 Å². The Bertz CT molecular complexity index is 1910. The Kier molecular flexibility index (Phi) is 13.6. The molecule has 5 amide bonds. The molecule has 3 heterocycles. The van der Waals surface area contributed by atoms with Gasteiger partial charge in [0.25, 0.3) is 5.91 Å². The van der Waals surface area contributed by atoms with Crippen LogP contribution in [0.4, 0.5) is 0 Å². The number of para-hydroxylation sites is 1. The molecule has 1 aromatic heterocycles. The van der Waals surface area contributed by atoms with Crippen molar-refractivity contribution in [3.63, 3.8) is 0 Å². The highest BCUT2D eigenvalue weighted by Crippen LogP contribution is 2.21. The molecule has 2 aliphatic heterocycles. The largest absolute Gasteiger partial charge is 0.497 e. The first-order valence-corrected chi connectivity index (χ1v) is 17.9. The van der Waals surface area contributed by atoms with E-state index in [0.717, 1.165) is 22.0 Å². The summed E-state index contributed by atoms with van der Waals surface area (Å²) in [5.74, 6) is -1.72. The van der Waals surface area contributed by atoms with Crippen LogP contribution in [0.3, 0.4) is 0 Å². The van der Waals surface area contributed by atoms with Crippen molar-refractivity contribution >= 4 is 40.4 Å². The number of amides is 5. The summed E-state index contributed by atoms with van der Waals surface area (Å²) in [5.41, 5.74) is 2.65. The average molecular weight is 741 g/mol. The third-order valence-electron chi connectivity index (χ3n) is 9.20. The maximum atomic E-state index is 14.5. The van der Waals surface area contributed by atoms with Crippen LogP contribution in [-0.2, 0) is 36.8 Å². The summed E-state index contributed by atoms with van der Waals surface area (Å²) in [5, 5.41) is 12.3. The summed E-state index contributed by atoms with van der Waals surface area (Å²) in [7, 11) is 3.01. The van der Waals surface area contributed by atoms with Gasteiger partial charge in [-0.2, -0.15) is 0 Å². The van der Waals surface area contributed by atoms with Crippen LogP contribution in [0.25, 0.3) is 10.9 Å². The Balaban J connectivity index is 1.52. The molecular weight excluding hydrogens is 692 g/mol. The van der Waals surface area contributed by atoms with Gasteiger partial charge in [-0.15, -0.1) is 0 Å². The summed E-state index contributed by atoms with van der Waals surface area (Å²) in [4.78, 5) is 73.6. The fourth-order valence-electron chi connectivity index (χ4n) is 6.21. The Morgan fingerprint density at radius 2 is 1.69 bits per heavy atom. The number of ether oxygens (including phenoxy) is 3. The van der Waals surface area contributed by atoms with E-state index in [-0.39, 0.29) is 51.0 Å². The number of carbonyl (C=O) groups excluding carboxylic acids is 5. The minimum atomic E-state index is -1.16.